The van der Waals surface area contributed by atoms with Crippen LogP contribution in [0.2, 0.25) is 0 Å². The monoisotopic (exact) mass is 504 g/mol. The Hall–Kier alpha value is -3.11. The molecule has 0 spiro atoms. The molecule has 0 aromatic heterocycles. The van der Waals surface area contributed by atoms with Crippen LogP contribution < -0.4 is 0 Å². The highest BCUT2D eigenvalue weighted by Gasteiger charge is 2.39. The number of ketones is 1. The number of rotatable bonds is 3. The molecule has 1 saturated heterocycles. The third-order valence-electron chi connectivity index (χ3n) is 6.24. The van der Waals surface area contributed by atoms with Crippen LogP contribution in [-0.2, 0) is 17.1 Å². The Morgan fingerprint density at radius 1 is 1.03 bits per heavy atom. The fourth-order valence-corrected chi connectivity index (χ4v) is 4.16. The predicted molar refractivity (Wildman–Crippen MR) is 113 cm³/mol. The summed E-state index contributed by atoms with van der Waals surface area (Å²) in [6.07, 6.45) is -10.0. The van der Waals surface area contributed by atoms with Crippen LogP contribution in [0.1, 0.15) is 59.7 Å². The minimum atomic E-state index is -5.02. The lowest BCUT2D eigenvalue weighted by molar-refractivity contribution is -0.143. The maximum absolute atomic E-state index is 13.6. The van der Waals surface area contributed by atoms with Crippen LogP contribution in [-0.4, -0.2) is 35.2 Å². The molecular formula is C24H23F7N2O2. The number of Topliss-reactive ketones (excluding diaryl/α,β-unsaturated/α-hetero) is 1. The highest BCUT2D eigenvalue weighted by Crippen LogP contribution is 2.39. The second-order valence-electron chi connectivity index (χ2n) is 8.61. The van der Waals surface area contributed by atoms with Gasteiger partial charge in [0, 0.05) is 26.4 Å². The average Bonchev–Trinajstić information content (AvgIpc) is 2.76. The van der Waals surface area contributed by atoms with Crippen molar-refractivity contribution in [3.63, 3.8) is 0 Å². The van der Waals surface area contributed by atoms with Crippen LogP contribution in [0.4, 0.5) is 35.5 Å². The van der Waals surface area contributed by atoms with Gasteiger partial charge in [-0.2, -0.15) is 26.3 Å². The van der Waals surface area contributed by atoms with Gasteiger partial charge in [-0.05, 0) is 60.9 Å². The van der Waals surface area contributed by atoms with Crippen molar-refractivity contribution in [2.75, 3.05) is 13.6 Å². The normalized spacial score (nSPS) is 17.9. The highest BCUT2D eigenvalue weighted by molar-refractivity contribution is 5.84. The van der Waals surface area contributed by atoms with Crippen LogP contribution in [0, 0.1) is 12.7 Å². The number of halogens is 7. The molecule has 4 nitrogen and oxygen atoms in total. The molecule has 1 aliphatic heterocycles. The summed E-state index contributed by atoms with van der Waals surface area (Å²) in [5.41, 5.74) is -2.25. The molecule has 1 heterocycles. The molecule has 0 N–H and O–H groups in total. The van der Waals surface area contributed by atoms with Crippen molar-refractivity contribution in [1.82, 2.24) is 9.80 Å². The standard InChI is InChI=1S/C24H23F7N2O2/c1-13-8-18(25)4-5-20(13)21-12-19(34)6-7-33(21)22(35)32(3)14(2)15-9-16(23(26,27)28)11-17(10-15)24(29,30)31/h4-5,8-11,14,21H,6-7,12H2,1-3H3. The summed E-state index contributed by atoms with van der Waals surface area (Å²) in [7, 11) is 1.27. The van der Waals surface area contributed by atoms with Crippen LogP contribution in [0.25, 0.3) is 0 Å². The summed E-state index contributed by atoms with van der Waals surface area (Å²) in [5.74, 6) is -0.617. The van der Waals surface area contributed by atoms with Crippen molar-refractivity contribution in [2.45, 2.75) is 51.1 Å². The first kappa shape index (κ1) is 26.5. The first-order valence-corrected chi connectivity index (χ1v) is 10.7. The summed E-state index contributed by atoms with van der Waals surface area (Å²) in [6, 6.07) is 2.54. The molecule has 0 aliphatic carbocycles. The molecule has 3 rings (SSSR count). The van der Waals surface area contributed by atoms with E-state index < -0.39 is 47.4 Å². The van der Waals surface area contributed by atoms with Gasteiger partial charge in [0.25, 0.3) is 0 Å². The van der Waals surface area contributed by atoms with E-state index in [9.17, 15) is 40.3 Å². The lowest BCUT2D eigenvalue weighted by Gasteiger charge is -2.40. The van der Waals surface area contributed by atoms with E-state index in [1.54, 1.807) is 6.92 Å². The molecule has 0 radical (unpaired) electrons. The summed E-state index contributed by atoms with van der Waals surface area (Å²) in [6.45, 7) is 2.95. The molecule has 2 amide bonds. The summed E-state index contributed by atoms with van der Waals surface area (Å²) in [5, 5.41) is 0. The van der Waals surface area contributed by atoms with Crippen LogP contribution in [0.15, 0.2) is 36.4 Å². The number of hydrogen-bond acceptors (Lipinski definition) is 2. The molecule has 2 aromatic rings. The smallest absolute Gasteiger partial charge is 0.321 e. The van der Waals surface area contributed by atoms with E-state index >= 15 is 0 Å². The second kappa shape index (κ2) is 9.50. The SMILES string of the molecule is Cc1cc(F)ccc1C1CC(=O)CCN1C(=O)N(C)C(C)c1cc(C(F)(F)F)cc(C(F)(F)F)c1. The number of carbonyl (C=O) groups excluding carboxylic acids is 2. The van der Waals surface area contributed by atoms with Crippen LogP contribution >= 0.6 is 0 Å². The van der Waals surface area contributed by atoms with Crippen LogP contribution in [0.3, 0.4) is 0 Å². The van der Waals surface area contributed by atoms with Gasteiger partial charge in [-0.1, -0.05) is 6.07 Å². The van der Waals surface area contributed by atoms with E-state index in [0.29, 0.717) is 23.3 Å². The van der Waals surface area contributed by atoms with Gasteiger partial charge in [0.1, 0.15) is 11.6 Å². The number of carbonyl (C=O) groups is 2. The number of aryl methyl sites for hydroxylation is 1. The molecule has 35 heavy (non-hydrogen) atoms. The van der Waals surface area contributed by atoms with Crippen molar-refractivity contribution in [3.8, 4) is 0 Å². The van der Waals surface area contributed by atoms with E-state index in [4.69, 9.17) is 0 Å². The number of hydrogen-bond donors (Lipinski definition) is 0. The maximum atomic E-state index is 13.6. The summed E-state index contributed by atoms with van der Waals surface area (Å²) >= 11 is 0. The van der Waals surface area contributed by atoms with E-state index in [0.717, 1.165) is 4.90 Å². The second-order valence-corrected chi connectivity index (χ2v) is 8.61. The molecule has 2 unspecified atom stereocenters. The number of nitrogens with zero attached hydrogens (tertiary/aromatic N) is 2. The molecule has 2 aromatic carbocycles. The van der Waals surface area contributed by atoms with Gasteiger partial charge in [-0.25, -0.2) is 9.18 Å². The van der Waals surface area contributed by atoms with Gasteiger partial charge in [0.2, 0.25) is 0 Å². The fraction of sp³-hybridized carbons (Fsp3) is 0.417. The number of likely N-dealkylation sites (tertiary alicyclic amines) is 1. The third kappa shape index (κ3) is 5.76. The Morgan fingerprint density at radius 2 is 1.60 bits per heavy atom. The van der Waals surface area contributed by atoms with Gasteiger partial charge in [0.15, 0.2) is 0 Å². The first-order valence-electron chi connectivity index (χ1n) is 10.7. The van der Waals surface area contributed by atoms with E-state index in [2.05, 4.69) is 0 Å². The zero-order chi connectivity index (χ0) is 26.3. The molecule has 11 heteroatoms. The van der Waals surface area contributed by atoms with E-state index in [1.165, 1.54) is 37.1 Å². The molecule has 1 fully saturated rings. The van der Waals surface area contributed by atoms with Gasteiger partial charge in [-0.15, -0.1) is 0 Å². The molecule has 190 valence electrons. The largest absolute Gasteiger partial charge is 0.416 e. The van der Waals surface area contributed by atoms with Crippen molar-refractivity contribution >= 4 is 11.8 Å². The highest BCUT2D eigenvalue weighted by atomic mass is 19.4. The number of piperidine rings is 1. The zero-order valence-corrected chi connectivity index (χ0v) is 19.1. The average molecular weight is 504 g/mol. The number of urea groups is 1. The van der Waals surface area contributed by atoms with Crippen molar-refractivity contribution in [3.05, 3.63) is 70.0 Å². The number of amides is 2. The quantitative estimate of drug-likeness (QED) is 0.437. The lowest BCUT2D eigenvalue weighted by atomic mass is 9.91. The number of alkyl halides is 6. The molecular weight excluding hydrogens is 481 g/mol. The van der Waals surface area contributed by atoms with Crippen molar-refractivity contribution in [2.24, 2.45) is 0 Å². The lowest BCUT2D eigenvalue weighted by Crippen LogP contribution is -2.48. The molecule has 1 aliphatic rings. The Balaban J connectivity index is 1.96. The minimum absolute atomic E-state index is 0.00655. The van der Waals surface area contributed by atoms with E-state index in [-0.39, 0.29) is 36.8 Å². The topological polar surface area (TPSA) is 40.6 Å². The fourth-order valence-electron chi connectivity index (χ4n) is 4.16. The van der Waals surface area contributed by atoms with Gasteiger partial charge < -0.3 is 9.80 Å². The van der Waals surface area contributed by atoms with Crippen LogP contribution in [0.5, 0.6) is 0 Å². The Kier molecular flexibility index (Phi) is 7.19. The Morgan fingerprint density at radius 3 is 2.11 bits per heavy atom. The first-order chi connectivity index (χ1) is 16.1. The maximum Gasteiger partial charge on any atom is 0.416 e. The zero-order valence-electron chi connectivity index (χ0n) is 19.1. The Bertz CT molecular complexity index is 1100. The van der Waals surface area contributed by atoms with Gasteiger partial charge >= 0.3 is 18.4 Å². The minimum Gasteiger partial charge on any atom is -0.321 e. The molecule has 0 bridgehead atoms. The summed E-state index contributed by atoms with van der Waals surface area (Å²) in [4.78, 5) is 27.9. The molecule has 2 atom stereocenters. The summed E-state index contributed by atoms with van der Waals surface area (Å²) < 4.78 is 93.2. The van der Waals surface area contributed by atoms with Crippen molar-refractivity contribution in [1.29, 1.82) is 0 Å². The third-order valence-corrected chi connectivity index (χ3v) is 6.24. The van der Waals surface area contributed by atoms with Crippen molar-refractivity contribution < 1.29 is 40.3 Å². The Labute approximate surface area is 197 Å². The predicted octanol–water partition coefficient (Wildman–Crippen LogP) is 6.69. The number of benzene rings is 2. The van der Waals surface area contributed by atoms with Gasteiger partial charge in [0.05, 0.1) is 23.2 Å². The van der Waals surface area contributed by atoms with Gasteiger partial charge in [-0.3, -0.25) is 4.79 Å². The molecule has 0 saturated carbocycles. The van der Waals surface area contributed by atoms with E-state index in [1.807, 2.05) is 0 Å².